The fraction of sp³-hybridized carbons (Fsp3) is 0.250. The van der Waals surface area contributed by atoms with E-state index in [0.717, 1.165) is 27.9 Å². The van der Waals surface area contributed by atoms with Gasteiger partial charge in [-0.1, -0.05) is 17.3 Å². The zero-order chi connectivity index (χ0) is 15.0. The second kappa shape index (κ2) is 5.09. The summed E-state index contributed by atoms with van der Waals surface area (Å²) in [5.74, 6) is 0.677. The van der Waals surface area contributed by atoms with Crippen LogP contribution in [0.2, 0.25) is 0 Å². The van der Waals surface area contributed by atoms with E-state index in [1.54, 1.807) is 11.9 Å². The largest absolute Gasteiger partial charge is 0.361 e. The van der Waals surface area contributed by atoms with Gasteiger partial charge in [0, 0.05) is 24.0 Å². The van der Waals surface area contributed by atoms with E-state index in [4.69, 9.17) is 4.52 Å². The number of benzene rings is 1. The molecule has 0 radical (unpaired) electrons. The minimum absolute atomic E-state index is 0.0653. The summed E-state index contributed by atoms with van der Waals surface area (Å²) in [6, 6.07) is 9.79. The summed E-state index contributed by atoms with van der Waals surface area (Å²) in [6.45, 7) is 4.28. The molecule has 0 unspecified atom stereocenters. The lowest BCUT2D eigenvalue weighted by Crippen LogP contribution is -2.26. The van der Waals surface area contributed by atoms with Gasteiger partial charge in [0.1, 0.15) is 17.1 Å². The molecule has 1 amide bonds. The summed E-state index contributed by atoms with van der Waals surface area (Å²) in [6.07, 6.45) is 0. The number of carbonyl (C=O) groups is 1. The second-order valence-electron chi connectivity index (χ2n) is 5.36. The number of amides is 1. The number of nitrogens with zero attached hydrogens (tertiary/aromatic N) is 2. The summed E-state index contributed by atoms with van der Waals surface area (Å²) in [5.41, 5.74) is 3.47. The molecular formula is C16H17N3O2. The molecule has 3 rings (SSSR count). The van der Waals surface area contributed by atoms with Crippen molar-refractivity contribution in [2.24, 2.45) is 0 Å². The normalized spacial score (nSPS) is 11.0. The van der Waals surface area contributed by atoms with Gasteiger partial charge in [0.25, 0.3) is 5.91 Å². The Kier molecular flexibility index (Phi) is 3.25. The van der Waals surface area contributed by atoms with E-state index in [1.807, 2.05) is 44.2 Å². The van der Waals surface area contributed by atoms with E-state index in [9.17, 15) is 4.79 Å². The lowest BCUT2D eigenvalue weighted by atomic mass is 10.2. The van der Waals surface area contributed by atoms with E-state index in [-0.39, 0.29) is 5.91 Å². The summed E-state index contributed by atoms with van der Waals surface area (Å²) in [4.78, 5) is 17.2. The third-order valence-electron chi connectivity index (χ3n) is 3.43. The maximum atomic E-state index is 12.4. The van der Waals surface area contributed by atoms with Gasteiger partial charge in [0.15, 0.2) is 0 Å². The average molecular weight is 283 g/mol. The number of H-pyrrole nitrogens is 1. The third-order valence-corrected chi connectivity index (χ3v) is 3.43. The molecule has 5 nitrogen and oxygen atoms in total. The molecule has 2 heterocycles. The van der Waals surface area contributed by atoms with Gasteiger partial charge in [-0.15, -0.1) is 0 Å². The molecule has 0 fully saturated rings. The average Bonchev–Trinajstić information content (AvgIpc) is 3.03. The molecule has 2 aromatic heterocycles. The summed E-state index contributed by atoms with van der Waals surface area (Å²) >= 11 is 0. The maximum absolute atomic E-state index is 12.4. The Bertz CT molecular complexity index is 801. The number of aromatic amines is 1. The van der Waals surface area contributed by atoms with Gasteiger partial charge in [0.05, 0.1) is 6.54 Å². The van der Waals surface area contributed by atoms with Crippen LogP contribution in [0.3, 0.4) is 0 Å². The van der Waals surface area contributed by atoms with Crippen molar-refractivity contribution in [1.82, 2.24) is 15.0 Å². The number of carbonyl (C=O) groups excluding carboxylic acids is 1. The van der Waals surface area contributed by atoms with Crippen LogP contribution < -0.4 is 0 Å². The Labute approximate surface area is 122 Å². The highest BCUT2D eigenvalue weighted by Gasteiger charge is 2.16. The molecule has 0 bridgehead atoms. The van der Waals surface area contributed by atoms with E-state index >= 15 is 0 Å². The summed E-state index contributed by atoms with van der Waals surface area (Å²) < 4.78 is 5.02. The van der Waals surface area contributed by atoms with Crippen molar-refractivity contribution >= 4 is 16.8 Å². The van der Waals surface area contributed by atoms with Gasteiger partial charge in [-0.25, -0.2) is 0 Å². The van der Waals surface area contributed by atoms with Gasteiger partial charge >= 0.3 is 0 Å². The number of hydrogen-bond donors (Lipinski definition) is 1. The zero-order valence-electron chi connectivity index (χ0n) is 12.3. The topological polar surface area (TPSA) is 62.1 Å². The van der Waals surface area contributed by atoms with Crippen LogP contribution in [0.4, 0.5) is 0 Å². The van der Waals surface area contributed by atoms with Crippen LogP contribution in [0, 0.1) is 13.8 Å². The standard InChI is InChI=1S/C16H17N3O2/c1-10-4-5-12-8-15(17-14(12)6-10)16(20)19(3)9-13-7-11(2)21-18-13/h4-8,17H,9H2,1-3H3. The molecule has 0 aliphatic heterocycles. The Balaban J connectivity index is 1.82. The molecule has 21 heavy (non-hydrogen) atoms. The highest BCUT2D eigenvalue weighted by molar-refractivity contribution is 5.98. The lowest BCUT2D eigenvalue weighted by Gasteiger charge is -2.14. The van der Waals surface area contributed by atoms with Crippen molar-refractivity contribution in [3.05, 3.63) is 53.0 Å². The molecule has 108 valence electrons. The molecular weight excluding hydrogens is 266 g/mol. The molecule has 1 aromatic carbocycles. The van der Waals surface area contributed by atoms with E-state index < -0.39 is 0 Å². The van der Waals surface area contributed by atoms with Gasteiger partial charge in [-0.2, -0.15) is 0 Å². The van der Waals surface area contributed by atoms with E-state index in [2.05, 4.69) is 10.1 Å². The first-order chi connectivity index (χ1) is 10.0. The van der Waals surface area contributed by atoms with E-state index in [1.165, 1.54) is 0 Å². The Morgan fingerprint density at radius 3 is 2.81 bits per heavy atom. The molecule has 0 saturated heterocycles. The summed E-state index contributed by atoms with van der Waals surface area (Å²) in [7, 11) is 1.75. The highest BCUT2D eigenvalue weighted by Crippen LogP contribution is 2.18. The first-order valence-corrected chi connectivity index (χ1v) is 6.80. The van der Waals surface area contributed by atoms with Crippen LogP contribution in [0.25, 0.3) is 10.9 Å². The molecule has 1 N–H and O–H groups in total. The van der Waals surface area contributed by atoms with Crippen LogP contribution in [-0.4, -0.2) is 28.0 Å². The molecule has 5 heteroatoms. The lowest BCUT2D eigenvalue weighted by molar-refractivity contribution is 0.0777. The number of rotatable bonds is 3. The molecule has 0 atom stereocenters. The SMILES string of the molecule is Cc1ccc2cc(C(=O)N(C)Cc3cc(C)on3)[nH]c2c1. The Morgan fingerprint density at radius 1 is 1.29 bits per heavy atom. The van der Waals surface area contributed by atoms with Gasteiger partial charge in [0.2, 0.25) is 0 Å². The molecule has 0 aliphatic carbocycles. The van der Waals surface area contributed by atoms with Crippen molar-refractivity contribution in [3.8, 4) is 0 Å². The predicted molar refractivity (Wildman–Crippen MR) is 80.1 cm³/mol. The minimum Gasteiger partial charge on any atom is -0.361 e. The second-order valence-corrected chi connectivity index (χ2v) is 5.36. The number of hydrogen-bond acceptors (Lipinski definition) is 3. The molecule has 0 aliphatic rings. The molecule has 0 saturated carbocycles. The van der Waals surface area contributed by atoms with Crippen LogP contribution in [0.5, 0.6) is 0 Å². The Hall–Kier alpha value is -2.56. The molecule has 0 spiro atoms. The van der Waals surface area contributed by atoms with Crippen LogP contribution in [0.15, 0.2) is 34.9 Å². The monoisotopic (exact) mass is 283 g/mol. The number of fused-ring (bicyclic) bond motifs is 1. The zero-order valence-corrected chi connectivity index (χ0v) is 12.3. The minimum atomic E-state index is -0.0653. The van der Waals surface area contributed by atoms with Crippen molar-refractivity contribution in [3.63, 3.8) is 0 Å². The van der Waals surface area contributed by atoms with E-state index in [0.29, 0.717) is 12.2 Å². The Morgan fingerprint density at radius 2 is 2.10 bits per heavy atom. The van der Waals surface area contributed by atoms with Crippen LogP contribution >= 0.6 is 0 Å². The molecule has 3 aromatic rings. The van der Waals surface area contributed by atoms with Gasteiger partial charge in [-0.3, -0.25) is 4.79 Å². The number of aromatic nitrogens is 2. The highest BCUT2D eigenvalue weighted by atomic mass is 16.5. The van der Waals surface area contributed by atoms with Crippen LogP contribution in [-0.2, 0) is 6.54 Å². The first-order valence-electron chi connectivity index (χ1n) is 6.80. The fourth-order valence-electron chi connectivity index (χ4n) is 2.37. The smallest absolute Gasteiger partial charge is 0.270 e. The van der Waals surface area contributed by atoms with Crippen molar-refractivity contribution in [2.75, 3.05) is 7.05 Å². The van der Waals surface area contributed by atoms with Gasteiger partial charge in [-0.05, 0) is 31.5 Å². The predicted octanol–water partition coefficient (Wildman–Crippen LogP) is 3.04. The number of aryl methyl sites for hydroxylation is 2. The van der Waals surface area contributed by atoms with Crippen molar-refractivity contribution < 1.29 is 9.32 Å². The quantitative estimate of drug-likeness (QED) is 0.803. The van der Waals surface area contributed by atoms with Gasteiger partial charge < -0.3 is 14.4 Å². The van der Waals surface area contributed by atoms with Crippen molar-refractivity contribution in [1.29, 1.82) is 0 Å². The first kappa shape index (κ1) is 13.4. The van der Waals surface area contributed by atoms with Crippen molar-refractivity contribution in [2.45, 2.75) is 20.4 Å². The maximum Gasteiger partial charge on any atom is 0.270 e. The van der Waals surface area contributed by atoms with Crippen LogP contribution in [0.1, 0.15) is 27.5 Å². The third kappa shape index (κ3) is 2.67. The fourth-order valence-corrected chi connectivity index (χ4v) is 2.37. The summed E-state index contributed by atoms with van der Waals surface area (Å²) in [5, 5.41) is 4.94. The number of nitrogens with one attached hydrogen (secondary N) is 1.